The largest absolute Gasteiger partial charge is 0.310 e. The SMILES string of the molecule is C1=CC(n2c3ccccc3c3cc(-c4ccc(N(c5ccc6c(c5)C(=C5c7ccccc7-c7ccccc75)c5ccccc5-6)c5ccc6c(ccc7ccccc76)c5)cc4)ccc32)=CCC1. The van der Waals surface area contributed by atoms with Crippen molar-refractivity contribution < 1.29 is 0 Å². The molecule has 0 saturated carbocycles. The van der Waals surface area contributed by atoms with Crippen molar-refractivity contribution >= 4 is 77.3 Å². The van der Waals surface area contributed by atoms with Crippen LogP contribution in [0.5, 0.6) is 0 Å². The molecule has 10 aromatic carbocycles. The molecule has 2 nitrogen and oxygen atoms in total. The van der Waals surface area contributed by atoms with Crippen LogP contribution >= 0.6 is 0 Å². The first-order chi connectivity index (χ1) is 32.7. The number of para-hydroxylation sites is 1. The number of allylic oxidation sites excluding steroid dienone is 4. The van der Waals surface area contributed by atoms with Crippen LogP contribution in [0.15, 0.2) is 231 Å². The summed E-state index contributed by atoms with van der Waals surface area (Å²) in [5.74, 6) is 0. The van der Waals surface area contributed by atoms with Gasteiger partial charge in [-0.3, -0.25) is 0 Å². The van der Waals surface area contributed by atoms with E-state index < -0.39 is 0 Å². The van der Waals surface area contributed by atoms with Crippen molar-refractivity contribution in [3.8, 4) is 33.4 Å². The molecule has 0 bridgehead atoms. The lowest BCUT2D eigenvalue weighted by molar-refractivity contribution is 1.02. The first kappa shape index (κ1) is 37.0. The Morgan fingerprint density at radius 2 is 0.879 bits per heavy atom. The van der Waals surface area contributed by atoms with Gasteiger partial charge in [0.05, 0.1) is 11.0 Å². The molecule has 1 aromatic heterocycles. The summed E-state index contributed by atoms with van der Waals surface area (Å²) in [5, 5.41) is 7.55. The summed E-state index contributed by atoms with van der Waals surface area (Å²) in [6.07, 6.45) is 9.10. The lowest BCUT2D eigenvalue weighted by Crippen LogP contribution is -2.10. The highest BCUT2D eigenvalue weighted by molar-refractivity contribution is 6.19. The van der Waals surface area contributed by atoms with Crippen molar-refractivity contribution in [2.24, 2.45) is 0 Å². The van der Waals surface area contributed by atoms with Gasteiger partial charge in [-0.15, -0.1) is 0 Å². The van der Waals surface area contributed by atoms with Crippen LogP contribution in [0.2, 0.25) is 0 Å². The second-order valence-electron chi connectivity index (χ2n) is 17.9. The van der Waals surface area contributed by atoms with Gasteiger partial charge >= 0.3 is 0 Å². The Morgan fingerprint density at radius 1 is 0.333 bits per heavy atom. The van der Waals surface area contributed by atoms with E-state index in [1.54, 1.807) is 0 Å². The zero-order valence-electron chi connectivity index (χ0n) is 36.2. The van der Waals surface area contributed by atoms with Gasteiger partial charge in [-0.25, -0.2) is 0 Å². The number of hydrogen-bond donors (Lipinski definition) is 0. The molecule has 0 N–H and O–H groups in total. The van der Waals surface area contributed by atoms with Gasteiger partial charge < -0.3 is 9.47 Å². The smallest absolute Gasteiger partial charge is 0.0541 e. The van der Waals surface area contributed by atoms with E-state index in [1.807, 2.05) is 0 Å². The molecule has 0 saturated heterocycles. The average molecular weight is 839 g/mol. The highest BCUT2D eigenvalue weighted by Gasteiger charge is 2.33. The molecule has 0 fully saturated rings. The second kappa shape index (κ2) is 14.5. The van der Waals surface area contributed by atoms with Crippen LogP contribution in [0, 0.1) is 0 Å². The summed E-state index contributed by atoms with van der Waals surface area (Å²) in [6.45, 7) is 0. The molecular weight excluding hydrogens is 797 g/mol. The maximum Gasteiger partial charge on any atom is 0.0541 e. The van der Waals surface area contributed by atoms with Crippen molar-refractivity contribution in [1.82, 2.24) is 4.57 Å². The normalized spacial score (nSPS) is 13.6. The van der Waals surface area contributed by atoms with Crippen LogP contribution in [-0.4, -0.2) is 4.57 Å². The van der Waals surface area contributed by atoms with Crippen LogP contribution < -0.4 is 4.90 Å². The topological polar surface area (TPSA) is 8.17 Å². The quantitative estimate of drug-likeness (QED) is 0.157. The fourth-order valence-corrected chi connectivity index (χ4v) is 11.3. The molecule has 66 heavy (non-hydrogen) atoms. The third-order valence-electron chi connectivity index (χ3n) is 14.3. The van der Waals surface area contributed by atoms with Crippen LogP contribution in [0.4, 0.5) is 17.1 Å². The van der Waals surface area contributed by atoms with Crippen molar-refractivity contribution in [2.45, 2.75) is 12.8 Å². The number of benzene rings is 10. The summed E-state index contributed by atoms with van der Waals surface area (Å²) in [4.78, 5) is 2.45. The standard InChI is InChI=1S/C64H42N2/c1-2-15-45(16-3-1)66-61-25-13-12-21-55(61)59-39-43(30-37-62(59)66)41-28-31-46(32-29-41)65(47-33-35-50-44(38-47)27-26-42-14-4-5-17-49(42)50)48-34-36-54-53-20-8-11-24-58(53)64(60(54)40-48)63-56-22-9-6-18-51(56)52-19-7-10-23-57(52)63/h2,4-40H,1,3H2. The molecule has 308 valence electrons. The van der Waals surface area contributed by atoms with E-state index in [0.717, 1.165) is 29.9 Å². The summed E-state index contributed by atoms with van der Waals surface area (Å²) in [7, 11) is 0. The molecule has 2 heteroatoms. The van der Waals surface area contributed by atoms with Gasteiger partial charge in [0, 0.05) is 33.5 Å². The van der Waals surface area contributed by atoms with Crippen LogP contribution in [0.25, 0.3) is 93.6 Å². The average Bonchev–Trinajstić information content (AvgIpc) is 4.01. The minimum atomic E-state index is 1.07. The Balaban J connectivity index is 0.942. The lowest BCUT2D eigenvalue weighted by atomic mass is 9.91. The molecule has 0 amide bonds. The fourth-order valence-electron chi connectivity index (χ4n) is 11.3. The van der Waals surface area contributed by atoms with Crippen LogP contribution in [0.3, 0.4) is 0 Å². The van der Waals surface area contributed by atoms with Gasteiger partial charge in [-0.2, -0.15) is 0 Å². The Morgan fingerprint density at radius 3 is 1.61 bits per heavy atom. The molecule has 1 heterocycles. The second-order valence-corrected chi connectivity index (χ2v) is 17.9. The van der Waals surface area contributed by atoms with E-state index in [2.05, 4.69) is 240 Å². The highest BCUT2D eigenvalue weighted by Crippen LogP contribution is 2.55. The van der Waals surface area contributed by atoms with Gasteiger partial charge in [0.15, 0.2) is 0 Å². The van der Waals surface area contributed by atoms with Gasteiger partial charge in [0.1, 0.15) is 0 Å². The van der Waals surface area contributed by atoms with Crippen molar-refractivity contribution in [3.05, 3.63) is 253 Å². The first-order valence-electron chi connectivity index (χ1n) is 23.2. The summed E-state index contributed by atoms with van der Waals surface area (Å²) in [6, 6.07) is 79.1. The molecular formula is C64H42N2. The Bertz CT molecular complexity index is 3880. The van der Waals surface area contributed by atoms with E-state index in [4.69, 9.17) is 0 Å². The molecule has 14 rings (SSSR count). The lowest BCUT2D eigenvalue weighted by Gasteiger charge is -2.27. The van der Waals surface area contributed by atoms with E-state index in [0.29, 0.717) is 0 Å². The van der Waals surface area contributed by atoms with Gasteiger partial charge in [0.25, 0.3) is 0 Å². The third-order valence-corrected chi connectivity index (χ3v) is 14.3. The van der Waals surface area contributed by atoms with Crippen molar-refractivity contribution in [2.75, 3.05) is 4.90 Å². The van der Waals surface area contributed by atoms with E-state index in [1.165, 1.54) is 116 Å². The first-order valence-corrected chi connectivity index (χ1v) is 23.2. The molecule has 0 unspecified atom stereocenters. The number of anilines is 3. The fraction of sp³-hybridized carbons (Fsp3) is 0.0312. The molecule has 3 aliphatic carbocycles. The predicted octanol–water partition coefficient (Wildman–Crippen LogP) is 17.4. The van der Waals surface area contributed by atoms with Crippen molar-refractivity contribution in [3.63, 3.8) is 0 Å². The summed E-state index contributed by atoms with van der Waals surface area (Å²) >= 11 is 0. The van der Waals surface area contributed by atoms with E-state index in [-0.39, 0.29) is 0 Å². The van der Waals surface area contributed by atoms with Gasteiger partial charge in [-0.05, 0) is 162 Å². The number of rotatable bonds is 5. The molecule has 0 radical (unpaired) electrons. The summed E-state index contributed by atoms with van der Waals surface area (Å²) < 4.78 is 2.43. The van der Waals surface area contributed by atoms with E-state index in [9.17, 15) is 0 Å². The van der Waals surface area contributed by atoms with E-state index >= 15 is 0 Å². The van der Waals surface area contributed by atoms with Gasteiger partial charge in [-0.1, -0.05) is 170 Å². The van der Waals surface area contributed by atoms with Crippen LogP contribution in [-0.2, 0) is 0 Å². The number of fused-ring (bicyclic) bond motifs is 12. The molecule has 0 aliphatic heterocycles. The molecule has 0 atom stereocenters. The molecule has 3 aliphatic rings. The summed E-state index contributed by atoms with van der Waals surface area (Å²) in [5.41, 5.74) is 22.4. The number of aromatic nitrogens is 1. The number of hydrogen-bond acceptors (Lipinski definition) is 1. The van der Waals surface area contributed by atoms with Gasteiger partial charge in [0.2, 0.25) is 0 Å². The highest BCUT2D eigenvalue weighted by atomic mass is 15.1. The maximum absolute atomic E-state index is 2.45. The number of nitrogens with zero attached hydrogens (tertiary/aromatic N) is 2. The van der Waals surface area contributed by atoms with Crippen LogP contribution in [0.1, 0.15) is 35.1 Å². The Hall–Kier alpha value is -8.46. The monoisotopic (exact) mass is 838 g/mol. The van der Waals surface area contributed by atoms with Crippen molar-refractivity contribution in [1.29, 1.82) is 0 Å². The zero-order chi connectivity index (χ0) is 43.3. The Labute approximate surface area is 384 Å². The third kappa shape index (κ3) is 5.55. The molecule has 11 aromatic rings. The minimum absolute atomic E-state index is 1.07. The minimum Gasteiger partial charge on any atom is -0.310 e. The Kier molecular flexibility index (Phi) is 8.14. The molecule has 0 spiro atoms. The zero-order valence-corrected chi connectivity index (χ0v) is 36.2. The maximum atomic E-state index is 2.45. The predicted molar refractivity (Wildman–Crippen MR) is 280 cm³/mol.